The van der Waals surface area contributed by atoms with Crippen LogP contribution in [0.15, 0.2) is 11.6 Å². The van der Waals surface area contributed by atoms with E-state index in [1.807, 2.05) is 5.57 Å². The van der Waals surface area contributed by atoms with Crippen LogP contribution >= 0.6 is 0 Å². The van der Waals surface area contributed by atoms with Gasteiger partial charge in [0.25, 0.3) is 0 Å². The van der Waals surface area contributed by atoms with E-state index in [2.05, 4.69) is 33.8 Å². The van der Waals surface area contributed by atoms with Gasteiger partial charge in [0.05, 0.1) is 12.7 Å². The quantitative estimate of drug-likeness (QED) is 0.420. The first-order valence-electron chi connectivity index (χ1n) is 12.9. The summed E-state index contributed by atoms with van der Waals surface area (Å²) < 4.78 is 13.4. The van der Waals surface area contributed by atoms with E-state index in [9.17, 15) is 0 Å². The molecule has 2 saturated heterocycles. The summed E-state index contributed by atoms with van der Waals surface area (Å²) in [5, 5.41) is 0. The lowest BCUT2D eigenvalue weighted by atomic mass is 9.46. The maximum atomic E-state index is 6.91. The highest BCUT2D eigenvalue weighted by molar-refractivity contribution is 5.24. The van der Waals surface area contributed by atoms with Gasteiger partial charge in [0, 0.05) is 12.3 Å². The van der Waals surface area contributed by atoms with Crippen molar-refractivity contribution in [2.24, 2.45) is 46.3 Å². The van der Waals surface area contributed by atoms with Crippen LogP contribution in [0.25, 0.3) is 0 Å². The standard InChI is InChI=1S/C27H42O2/c1-17-10-14-27(28-16-17)18(2)24-23(29-27)15-22-20-9-8-19-7-5-6-12-25(19,3)21(20)11-13-26(22,24)4/h7,17-18,20-24H,5-6,8-16H2,1-4H3/t17?,18-,20+,21-,22-,23-,24-,25-,26-,27+/m0/s1. The minimum absolute atomic E-state index is 0.259. The molecule has 0 aromatic rings. The third-order valence-corrected chi connectivity index (χ3v) is 11.3. The molecule has 2 heterocycles. The molecule has 0 bridgehead atoms. The smallest absolute Gasteiger partial charge is 0.171 e. The zero-order chi connectivity index (χ0) is 20.0. The molecule has 10 atom stereocenters. The van der Waals surface area contributed by atoms with E-state index < -0.39 is 0 Å². The van der Waals surface area contributed by atoms with Crippen molar-refractivity contribution in [3.05, 3.63) is 11.6 Å². The third kappa shape index (κ3) is 2.48. The summed E-state index contributed by atoms with van der Waals surface area (Å²) in [5.74, 6) is 4.42. The SMILES string of the molecule is CC1CC[C@@]2(OC1)O[C@H]1C[C@H]3[C@@H]4CCC5=CCCC[C@]5(C)[C@H]4CC[C@]3(C)[C@H]1[C@@H]2C. The van der Waals surface area contributed by atoms with Crippen molar-refractivity contribution >= 4 is 0 Å². The predicted molar refractivity (Wildman–Crippen MR) is 116 cm³/mol. The van der Waals surface area contributed by atoms with Gasteiger partial charge in [-0.2, -0.15) is 0 Å². The van der Waals surface area contributed by atoms with Crippen LogP contribution in [0.5, 0.6) is 0 Å². The summed E-state index contributed by atoms with van der Waals surface area (Å²) in [4.78, 5) is 0. The number of allylic oxidation sites excluding steroid dienone is 2. The van der Waals surface area contributed by atoms with Crippen molar-refractivity contribution in [3.63, 3.8) is 0 Å². The van der Waals surface area contributed by atoms with Gasteiger partial charge in [0.15, 0.2) is 5.79 Å². The summed E-state index contributed by atoms with van der Waals surface area (Å²) in [6.45, 7) is 11.0. The fraction of sp³-hybridized carbons (Fsp3) is 0.926. The molecule has 0 amide bonds. The number of ether oxygens (including phenoxy) is 2. The molecule has 3 saturated carbocycles. The average Bonchev–Trinajstić information content (AvgIpc) is 3.15. The Morgan fingerprint density at radius 1 is 1.00 bits per heavy atom. The van der Waals surface area contributed by atoms with Gasteiger partial charge in [-0.1, -0.05) is 39.3 Å². The average molecular weight is 399 g/mol. The van der Waals surface area contributed by atoms with Crippen LogP contribution in [0.1, 0.15) is 91.9 Å². The molecule has 2 nitrogen and oxygen atoms in total. The van der Waals surface area contributed by atoms with E-state index in [1.165, 1.54) is 57.8 Å². The highest BCUT2D eigenvalue weighted by atomic mass is 16.7. The molecular weight excluding hydrogens is 356 g/mol. The van der Waals surface area contributed by atoms with Gasteiger partial charge in [-0.15, -0.1) is 0 Å². The molecule has 0 radical (unpaired) electrons. The molecule has 0 aromatic carbocycles. The lowest BCUT2D eigenvalue weighted by molar-refractivity contribution is -0.272. The molecular formula is C27H42O2. The number of fused-ring (bicyclic) bond motifs is 7. The van der Waals surface area contributed by atoms with Crippen LogP contribution in [0.3, 0.4) is 0 Å². The Morgan fingerprint density at radius 3 is 2.66 bits per heavy atom. The first-order chi connectivity index (χ1) is 13.9. The second-order valence-corrected chi connectivity index (χ2v) is 12.5. The minimum atomic E-state index is -0.259. The van der Waals surface area contributed by atoms with Crippen molar-refractivity contribution in [1.82, 2.24) is 0 Å². The lowest BCUT2D eigenvalue weighted by Crippen LogP contribution is -2.52. The maximum absolute atomic E-state index is 6.91. The topological polar surface area (TPSA) is 18.5 Å². The van der Waals surface area contributed by atoms with E-state index in [0.29, 0.717) is 34.7 Å². The fourth-order valence-corrected chi connectivity index (χ4v) is 9.77. The zero-order valence-electron chi connectivity index (χ0n) is 19.2. The van der Waals surface area contributed by atoms with Gasteiger partial charge in [0.1, 0.15) is 0 Å². The Balaban J connectivity index is 1.29. The van der Waals surface area contributed by atoms with Crippen molar-refractivity contribution in [3.8, 4) is 0 Å². The van der Waals surface area contributed by atoms with Gasteiger partial charge < -0.3 is 9.47 Å². The van der Waals surface area contributed by atoms with E-state index in [-0.39, 0.29) is 5.79 Å². The molecule has 0 N–H and O–H groups in total. The number of hydrogen-bond acceptors (Lipinski definition) is 2. The maximum Gasteiger partial charge on any atom is 0.171 e. The summed E-state index contributed by atoms with van der Waals surface area (Å²) in [7, 11) is 0. The molecule has 2 heteroatoms. The predicted octanol–water partition coefficient (Wildman–Crippen LogP) is 6.74. The summed E-state index contributed by atoms with van der Waals surface area (Å²) in [5.41, 5.74) is 2.81. The molecule has 29 heavy (non-hydrogen) atoms. The second kappa shape index (κ2) is 6.35. The van der Waals surface area contributed by atoms with Gasteiger partial charge >= 0.3 is 0 Å². The van der Waals surface area contributed by atoms with Crippen LogP contribution in [0.2, 0.25) is 0 Å². The van der Waals surface area contributed by atoms with Gasteiger partial charge in [0.2, 0.25) is 0 Å². The molecule has 1 spiro atoms. The molecule has 0 aromatic heterocycles. The summed E-state index contributed by atoms with van der Waals surface area (Å²) in [6.07, 6.45) is 16.6. The molecule has 5 fully saturated rings. The monoisotopic (exact) mass is 398 g/mol. The first kappa shape index (κ1) is 19.4. The van der Waals surface area contributed by atoms with E-state index in [4.69, 9.17) is 9.47 Å². The van der Waals surface area contributed by atoms with Gasteiger partial charge in [-0.3, -0.25) is 0 Å². The van der Waals surface area contributed by atoms with E-state index in [0.717, 1.165) is 30.8 Å². The molecule has 6 rings (SSSR count). The van der Waals surface area contributed by atoms with Crippen molar-refractivity contribution in [1.29, 1.82) is 0 Å². The Kier molecular flexibility index (Phi) is 4.23. The number of hydrogen-bond donors (Lipinski definition) is 0. The normalized spacial score (nSPS) is 58.9. The fourth-order valence-electron chi connectivity index (χ4n) is 9.77. The molecule has 1 unspecified atom stereocenters. The van der Waals surface area contributed by atoms with Crippen LogP contribution in [0, 0.1) is 46.3 Å². The van der Waals surface area contributed by atoms with E-state index in [1.54, 1.807) is 0 Å². The van der Waals surface area contributed by atoms with Gasteiger partial charge in [-0.05, 0) is 98.2 Å². The minimum Gasteiger partial charge on any atom is -0.349 e. The first-order valence-corrected chi connectivity index (χ1v) is 12.9. The van der Waals surface area contributed by atoms with E-state index >= 15 is 0 Å². The summed E-state index contributed by atoms with van der Waals surface area (Å²) >= 11 is 0. The molecule has 6 aliphatic rings. The van der Waals surface area contributed by atoms with Crippen LogP contribution in [-0.2, 0) is 9.47 Å². The molecule has 4 aliphatic carbocycles. The Hall–Kier alpha value is -0.340. The largest absolute Gasteiger partial charge is 0.349 e. The zero-order valence-corrected chi connectivity index (χ0v) is 19.2. The molecule has 2 aliphatic heterocycles. The number of rotatable bonds is 0. The highest BCUT2D eigenvalue weighted by Gasteiger charge is 2.68. The van der Waals surface area contributed by atoms with Crippen LogP contribution in [-0.4, -0.2) is 18.5 Å². The van der Waals surface area contributed by atoms with Gasteiger partial charge in [-0.25, -0.2) is 0 Å². The highest BCUT2D eigenvalue weighted by Crippen LogP contribution is 2.70. The molecule has 162 valence electrons. The van der Waals surface area contributed by atoms with Crippen molar-refractivity contribution in [2.45, 2.75) is 104 Å². The Morgan fingerprint density at radius 2 is 1.86 bits per heavy atom. The van der Waals surface area contributed by atoms with Crippen molar-refractivity contribution < 1.29 is 9.47 Å². The summed E-state index contributed by atoms with van der Waals surface area (Å²) in [6, 6.07) is 0. The van der Waals surface area contributed by atoms with Crippen LogP contribution in [0.4, 0.5) is 0 Å². The Labute approximate surface area is 178 Å². The van der Waals surface area contributed by atoms with Crippen LogP contribution < -0.4 is 0 Å². The van der Waals surface area contributed by atoms with Crippen molar-refractivity contribution in [2.75, 3.05) is 6.61 Å². The lowest BCUT2D eigenvalue weighted by Gasteiger charge is -2.58. The second-order valence-electron chi connectivity index (χ2n) is 12.5. The Bertz CT molecular complexity index is 703. The third-order valence-electron chi connectivity index (χ3n) is 11.3.